The van der Waals surface area contributed by atoms with Crippen molar-refractivity contribution in [2.24, 2.45) is 0 Å². The van der Waals surface area contributed by atoms with E-state index in [1.165, 1.54) is 103 Å². The Bertz CT molecular complexity index is 614. The predicted octanol–water partition coefficient (Wildman–Crippen LogP) is 2.16. The molecule has 202 valence electrons. The summed E-state index contributed by atoms with van der Waals surface area (Å²) in [6.45, 7) is 10.7. The van der Waals surface area contributed by atoms with E-state index in [4.69, 9.17) is 0 Å². The van der Waals surface area contributed by atoms with E-state index in [0.717, 1.165) is 15.4 Å². The van der Waals surface area contributed by atoms with Crippen LogP contribution in [0.3, 0.4) is 0 Å². The van der Waals surface area contributed by atoms with E-state index in [1.807, 2.05) is 0 Å². The molecule has 0 saturated heterocycles. The summed E-state index contributed by atoms with van der Waals surface area (Å²) in [6, 6.07) is 7.09. The number of unbranched alkanes of at least 4 members (excludes halogenated alkanes) is 10. The molecule has 0 saturated carbocycles. The Hall–Kier alpha value is 0.1000. The normalized spacial score (nSPS) is 11.7. The second kappa shape index (κ2) is 20.2. The molecule has 2 nitrogen and oxygen atoms in total. The number of hydrogen-bond donors (Lipinski definition) is 0. The van der Waals surface area contributed by atoms with Crippen molar-refractivity contribution in [3.8, 4) is 0 Å². The second-order valence-corrected chi connectivity index (χ2v) is 11.3. The number of quaternary nitrogens is 2. The fourth-order valence-electron chi connectivity index (χ4n) is 5.06. The van der Waals surface area contributed by atoms with E-state index in [-0.39, 0.29) is 34.0 Å². The van der Waals surface area contributed by atoms with Crippen LogP contribution in [0, 0.1) is 0 Å². The van der Waals surface area contributed by atoms with Crippen molar-refractivity contribution in [2.45, 2.75) is 111 Å². The van der Waals surface area contributed by atoms with Gasteiger partial charge in [-0.3, -0.25) is 4.48 Å². The summed E-state index contributed by atoms with van der Waals surface area (Å²) in [4.78, 5) is 0. The van der Waals surface area contributed by atoms with Crippen LogP contribution in [-0.2, 0) is 12.8 Å². The van der Waals surface area contributed by atoms with Gasteiger partial charge in [-0.2, -0.15) is 0 Å². The van der Waals surface area contributed by atoms with Crippen LogP contribution >= 0.6 is 0 Å². The molecule has 0 aliphatic heterocycles. The van der Waals surface area contributed by atoms with E-state index in [2.05, 4.69) is 67.2 Å². The van der Waals surface area contributed by atoms with Crippen molar-refractivity contribution in [1.29, 1.82) is 0 Å². The quantitative estimate of drug-likeness (QED) is 0.167. The number of halogens is 2. The Morgan fingerprint density at radius 3 is 1.62 bits per heavy atom. The number of rotatable bonds is 19. The molecule has 1 aromatic rings. The van der Waals surface area contributed by atoms with Gasteiger partial charge >= 0.3 is 0 Å². The third-order valence-corrected chi connectivity index (χ3v) is 7.44. The van der Waals surface area contributed by atoms with Gasteiger partial charge in [-0.25, -0.2) is 0 Å². The summed E-state index contributed by atoms with van der Waals surface area (Å²) in [5, 5.41) is 0. The maximum absolute atomic E-state index is 2.44. The Balaban J connectivity index is 0. The smallest absolute Gasteiger partial charge is 0.136 e. The minimum Gasteiger partial charge on any atom is -1.00 e. The predicted molar refractivity (Wildman–Crippen MR) is 147 cm³/mol. The summed E-state index contributed by atoms with van der Waals surface area (Å²) < 4.78 is 2.18. The molecule has 4 heteroatoms. The van der Waals surface area contributed by atoms with E-state index in [0.29, 0.717) is 0 Å². The Morgan fingerprint density at radius 1 is 0.588 bits per heavy atom. The number of likely N-dealkylation sites (N-methyl/N-ethyl adjacent to an activating group) is 1. The molecule has 0 bridgehead atoms. The van der Waals surface area contributed by atoms with Crippen molar-refractivity contribution in [3.63, 3.8) is 0 Å². The minimum atomic E-state index is 0. The maximum atomic E-state index is 2.44. The molecule has 1 rings (SSSR count). The van der Waals surface area contributed by atoms with Crippen LogP contribution in [0.5, 0.6) is 0 Å². The second-order valence-electron chi connectivity index (χ2n) is 11.3. The van der Waals surface area contributed by atoms with Gasteiger partial charge in [0.05, 0.1) is 47.8 Å². The van der Waals surface area contributed by atoms with Crippen LogP contribution in [0.2, 0.25) is 0 Å². The van der Waals surface area contributed by atoms with E-state index in [1.54, 1.807) is 16.8 Å². The molecule has 0 aliphatic rings. The van der Waals surface area contributed by atoms with Crippen molar-refractivity contribution in [1.82, 2.24) is 4.48 Å². The van der Waals surface area contributed by atoms with Gasteiger partial charge in [0.25, 0.3) is 0 Å². The van der Waals surface area contributed by atoms with E-state index >= 15 is 0 Å². The van der Waals surface area contributed by atoms with Crippen molar-refractivity contribution in [2.75, 3.05) is 47.8 Å². The lowest BCUT2D eigenvalue weighted by molar-refractivity contribution is -0.890. The van der Waals surface area contributed by atoms with Crippen molar-refractivity contribution in [3.05, 3.63) is 29.3 Å². The summed E-state index contributed by atoms with van der Waals surface area (Å²) in [5.41, 5.74) is 4.77. The molecule has 0 N–H and O–H groups in total. The molecule has 0 spiro atoms. The number of nitrogens with zero attached hydrogens (tertiary/aromatic N) is 2. The molecule has 0 radical (unpaired) electrons. The van der Waals surface area contributed by atoms with Gasteiger partial charge in [-0.1, -0.05) is 84.3 Å². The number of hydrogen-bond acceptors (Lipinski definition) is 0. The standard InChI is InChI=1S/C30H58N2.2BrH/c1-8-11-13-15-17-19-25-31(4,5)27-24-29-28(10-3)22-21-23-30(29)32(6,7)26-20-18-16-14-12-9-2;;/h21-23H,8-20,24-27H2,1-7H3;2*1H/q+2;;/p-2. The van der Waals surface area contributed by atoms with Crippen LogP contribution < -0.4 is 38.4 Å². The summed E-state index contributed by atoms with van der Waals surface area (Å²) in [5.74, 6) is 0. The minimum absolute atomic E-state index is 0. The van der Waals surface area contributed by atoms with Gasteiger partial charge in [-0.15, -0.1) is 0 Å². The highest BCUT2D eigenvalue weighted by atomic mass is 79.9. The van der Waals surface area contributed by atoms with E-state index < -0.39 is 0 Å². The van der Waals surface area contributed by atoms with Gasteiger partial charge in [0.2, 0.25) is 0 Å². The Labute approximate surface area is 235 Å². The molecule has 1 aromatic carbocycles. The lowest BCUT2D eigenvalue weighted by Gasteiger charge is -2.34. The largest absolute Gasteiger partial charge is 1.00 e. The SMILES string of the molecule is CCCCCCCC[N+](C)(C)CCc1c(CC)cccc1[N+](C)(C)CCCCCCCC.[Br-].[Br-]. The highest BCUT2D eigenvalue weighted by Crippen LogP contribution is 2.29. The fraction of sp³-hybridized carbons (Fsp3) is 0.800. The molecular formula is C30H58Br2N2. The monoisotopic (exact) mass is 604 g/mol. The zero-order valence-electron chi connectivity index (χ0n) is 23.9. The molecule has 0 fully saturated rings. The first kappa shape index (κ1) is 36.3. The summed E-state index contributed by atoms with van der Waals surface area (Å²) in [7, 11) is 9.74. The van der Waals surface area contributed by atoms with Gasteiger partial charge in [0.1, 0.15) is 5.69 Å². The topological polar surface area (TPSA) is 0 Å². The fourth-order valence-corrected chi connectivity index (χ4v) is 5.06. The molecule has 34 heavy (non-hydrogen) atoms. The summed E-state index contributed by atoms with van der Waals surface area (Å²) >= 11 is 0. The molecule has 0 amide bonds. The third kappa shape index (κ3) is 14.6. The first-order chi connectivity index (χ1) is 15.3. The van der Waals surface area contributed by atoms with Gasteiger partial charge in [0.15, 0.2) is 0 Å². The van der Waals surface area contributed by atoms with Gasteiger partial charge in [-0.05, 0) is 43.7 Å². The molecule has 0 atom stereocenters. The zero-order chi connectivity index (χ0) is 23.9. The maximum Gasteiger partial charge on any atom is 0.136 e. The van der Waals surface area contributed by atoms with Crippen molar-refractivity contribution < 1.29 is 38.4 Å². The molecule has 0 unspecified atom stereocenters. The Kier molecular flexibility index (Phi) is 21.5. The third-order valence-electron chi connectivity index (χ3n) is 7.44. The van der Waals surface area contributed by atoms with E-state index in [9.17, 15) is 0 Å². The first-order valence-electron chi connectivity index (χ1n) is 14.0. The lowest BCUT2D eigenvalue weighted by atomic mass is 9.97. The van der Waals surface area contributed by atoms with Crippen LogP contribution in [0.15, 0.2) is 18.2 Å². The first-order valence-corrected chi connectivity index (χ1v) is 14.0. The van der Waals surface area contributed by atoms with Crippen LogP contribution in [-0.4, -0.2) is 52.3 Å². The number of aryl methyl sites for hydroxylation is 1. The zero-order valence-corrected chi connectivity index (χ0v) is 27.1. The van der Waals surface area contributed by atoms with Crippen LogP contribution in [0.4, 0.5) is 5.69 Å². The molecule has 0 aliphatic carbocycles. The highest BCUT2D eigenvalue weighted by molar-refractivity contribution is 5.54. The van der Waals surface area contributed by atoms with Gasteiger partial charge in [0, 0.05) is 12.0 Å². The summed E-state index contributed by atoms with van der Waals surface area (Å²) in [6.07, 6.45) is 19.0. The van der Waals surface area contributed by atoms with Crippen molar-refractivity contribution >= 4 is 5.69 Å². The highest BCUT2D eigenvalue weighted by Gasteiger charge is 2.25. The molecular weight excluding hydrogens is 548 g/mol. The lowest BCUT2D eigenvalue weighted by Crippen LogP contribution is -3.00. The van der Waals surface area contributed by atoms with Gasteiger partial charge < -0.3 is 38.4 Å². The van der Waals surface area contributed by atoms with Crippen LogP contribution in [0.1, 0.15) is 109 Å². The molecule has 0 aromatic heterocycles. The Morgan fingerprint density at radius 2 is 1.09 bits per heavy atom. The van der Waals surface area contributed by atoms with Crippen LogP contribution in [0.25, 0.3) is 0 Å². The average Bonchev–Trinajstić information content (AvgIpc) is 2.76. The number of benzene rings is 1. The molecule has 0 heterocycles. The average molecular weight is 607 g/mol.